The number of nitrogens with one attached hydrogen (secondary N) is 2. The third-order valence-electron chi connectivity index (χ3n) is 4.44. The van der Waals surface area contributed by atoms with Crippen molar-refractivity contribution in [3.8, 4) is 11.5 Å². The summed E-state index contributed by atoms with van der Waals surface area (Å²) in [6.45, 7) is 1.03. The number of halogens is 1. The topological polar surface area (TPSA) is 107 Å². The van der Waals surface area contributed by atoms with E-state index in [2.05, 4.69) is 15.0 Å². The van der Waals surface area contributed by atoms with E-state index in [0.717, 1.165) is 6.42 Å². The van der Waals surface area contributed by atoms with Crippen molar-refractivity contribution in [2.75, 3.05) is 23.3 Å². The summed E-state index contributed by atoms with van der Waals surface area (Å²) in [7, 11) is -3.80. The fourth-order valence-corrected chi connectivity index (χ4v) is 4.15. The molecular weight excluding hydrogens is 442 g/mol. The van der Waals surface area contributed by atoms with E-state index in [0.29, 0.717) is 41.1 Å². The van der Waals surface area contributed by atoms with Gasteiger partial charge in [0.1, 0.15) is 0 Å². The van der Waals surface area contributed by atoms with Gasteiger partial charge < -0.3 is 14.8 Å². The van der Waals surface area contributed by atoms with Crippen LogP contribution in [0.3, 0.4) is 0 Å². The lowest BCUT2D eigenvalue weighted by atomic mass is 10.2. The smallest absolute Gasteiger partial charge is 0.261 e. The lowest BCUT2D eigenvalue weighted by Gasteiger charge is -2.13. The third kappa shape index (κ3) is 4.89. The number of hydrogen-bond acceptors (Lipinski definition) is 6. The number of rotatable bonds is 5. The number of pyridine rings is 1. The number of anilines is 2. The van der Waals surface area contributed by atoms with Gasteiger partial charge in [-0.25, -0.2) is 8.42 Å². The van der Waals surface area contributed by atoms with Crippen molar-refractivity contribution >= 4 is 38.9 Å². The Bertz CT molecular complexity index is 1200. The minimum Gasteiger partial charge on any atom is -0.490 e. The van der Waals surface area contributed by atoms with E-state index in [1.165, 1.54) is 36.7 Å². The molecule has 0 spiro atoms. The Balaban J connectivity index is 1.49. The van der Waals surface area contributed by atoms with Crippen LogP contribution in [0.25, 0.3) is 0 Å². The largest absolute Gasteiger partial charge is 0.490 e. The van der Waals surface area contributed by atoms with E-state index >= 15 is 0 Å². The zero-order chi connectivity index (χ0) is 21.8. The second kappa shape index (κ2) is 8.83. The van der Waals surface area contributed by atoms with E-state index < -0.39 is 15.9 Å². The first-order valence-electron chi connectivity index (χ1n) is 9.36. The highest BCUT2D eigenvalue weighted by molar-refractivity contribution is 7.92. The predicted octanol–water partition coefficient (Wildman–Crippen LogP) is 3.95. The molecule has 1 aliphatic rings. The standard InChI is InChI=1S/C21H18ClN3O5S/c22-17-12-19-20(30-11-1-10-29-19)13-18(17)24-21(26)14-2-4-16(5-3-14)31(27,28)25-15-6-8-23-9-7-15/h2-9,12-13H,1,10-11H2,(H,23,25)(H,24,26). The fraction of sp³-hybridized carbons (Fsp3) is 0.143. The lowest BCUT2D eigenvalue weighted by molar-refractivity contribution is 0.102. The first-order valence-corrected chi connectivity index (χ1v) is 11.2. The Morgan fingerprint density at radius 1 is 0.968 bits per heavy atom. The summed E-state index contributed by atoms with van der Waals surface area (Å²) in [6.07, 6.45) is 3.71. The lowest BCUT2D eigenvalue weighted by Crippen LogP contribution is -2.15. The van der Waals surface area contributed by atoms with Gasteiger partial charge >= 0.3 is 0 Å². The molecule has 2 heterocycles. The van der Waals surface area contributed by atoms with Crippen LogP contribution in [0.1, 0.15) is 16.8 Å². The predicted molar refractivity (Wildman–Crippen MR) is 116 cm³/mol. The summed E-state index contributed by atoms with van der Waals surface area (Å²) in [5, 5.41) is 3.02. The van der Waals surface area contributed by atoms with Gasteiger partial charge in [-0.3, -0.25) is 14.5 Å². The quantitative estimate of drug-likeness (QED) is 0.598. The zero-order valence-corrected chi connectivity index (χ0v) is 17.7. The molecule has 0 radical (unpaired) electrons. The van der Waals surface area contributed by atoms with Gasteiger partial charge in [0.2, 0.25) is 0 Å². The minimum atomic E-state index is -3.80. The molecule has 0 unspecified atom stereocenters. The maximum atomic E-state index is 12.6. The first kappa shape index (κ1) is 21.0. The van der Waals surface area contributed by atoms with Crippen LogP contribution >= 0.6 is 11.6 Å². The van der Waals surface area contributed by atoms with Crippen LogP contribution in [0.15, 0.2) is 65.8 Å². The SMILES string of the molecule is O=C(Nc1cc2c(cc1Cl)OCCCO2)c1ccc(S(=O)(=O)Nc2ccncc2)cc1. The third-order valence-corrected chi connectivity index (χ3v) is 6.15. The minimum absolute atomic E-state index is 0.0227. The van der Waals surface area contributed by atoms with E-state index in [1.54, 1.807) is 24.3 Å². The van der Waals surface area contributed by atoms with Gasteiger partial charge in [0.05, 0.1) is 34.5 Å². The van der Waals surface area contributed by atoms with E-state index in [9.17, 15) is 13.2 Å². The number of aromatic nitrogens is 1. The summed E-state index contributed by atoms with van der Waals surface area (Å²) in [5.74, 6) is 0.583. The van der Waals surface area contributed by atoms with Crippen molar-refractivity contribution in [2.45, 2.75) is 11.3 Å². The van der Waals surface area contributed by atoms with Gasteiger partial charge in [-0.2, -0.15) is 0 Å². The van der Waals surface area contributed by atoms with Crippen LogP contribution in [0.5, 0.6) is 11.5 Å². The molecule has 0 saturated heterocycles. The molecule has 8 nitrogen and oxygen atoms in total. The second-order valence-electron chi connectivity index (χ2n) is 6.65. The molecular formula is C21H18ClN3O5S. The highest BCUT2D eigenvalue weighted by atomic mass is 35.5. The number of carbonyl (C=O) groups is 1. The monoisotopic (exact) mass is 459 g/mol. The molecule has 0 fully saturated rings. The number of sulfonamides is 1. The van der Waals surface area contributed by atoms with Gasteiger partial charge in [0, 0.05) is 36.5 Å². The fourth-order valence-electron chi connectivity index (χ4n) is 2.89. The Kier molecular flexibility index (Phi) is 5.97. The molecule has 1 aromatic heterocycles. The first-order chi connectivity index (χ1) is 14.9. The summed E-state index contributed by atoms with van der Waals surface area (Å²) in [5.41, 5.74) is 1.03. The van der Waals surface area contributed by atoms with E-state index in [1.807, 2.05) is 0 Å². The molecule has 1 aliphatic heterocycles. The zero-order valence-electron chi connectivity index (χ0n) is 16.2. The molecule has 0 saturated carbocycles. The number of amides is 1. The molecule has 10 heteroatoms. The number of carbonyl (C=O) groups excluding carboxylic acids is 1. The summed E-state index contributed by atoms with van der Waals surface area (Å²) in [4.78, 5) is 16.5. The van der Waals surface area contributed by atoms with Gasteiger partial charge in [0.25, 0.3) is 15.9 Å². The number of benzene rings is 2. The maximum absolute atomic E-state index is 12.6. The Labute approximate surface area is 184 Å². The number of ether oxygens (including phenoxy) is 2. The average Bonchev–Trinajstić information content (AvgIpc) is 2.99. The maximum Gasteiger partial charge on any atom is 0.261 e. The van der Waals surface area contributed by atoms with Crippen molar-refractivity contribution in [1.82, 2.24) is 4.98 Å². The number of fused-ring (bicyclic) bond motifs is 1. The molecule has 2 aromatic carbocycles. The summed E-state index contributed by atoms with van der Waals surface area (Å²) >= 11 is 6.27. The number of nitrogens with zero attached hydrogens (tertiary/aromatic N) is 1. The molecule has 2 N–H and O–H groups in total. The highest BCUT2D eigenvalue weighted by Gasteiger charge is 2.18. The van der Waals surface area contributed by atoms with Crippen LogP contribution in [0, 0.1) is 0 Å². The van der Waals surface area contributed by atoms with Gasteiger partial charge in [-0.05, 0) is 36.4 Å². The van der Waals surface area contributed by atoms with Crippen LogP contribution in [-0.2, 0) is 10.0 Å². The summed E-state index contributed by atoms with van der Waals surface area (Å²) < 4.78 is 38.7. The second-order valence-corrected chi connectivity index (χ2v) is 8.74. The Hall–Kier alpha value is -3.30. The molecule has 3 aromatic rings. The molecule has 0 aliphatic carbocycles. The van der Waals surface area contributed by atoms with Crippen molar-refractivity contribution in [1.29, 1.82) is 0 Å². The molecule has 0 atom stereocenters. The van der Waals surface area contributed by atoms with Crippen molar-refractivity contribution in [3.63, 3.8) is 0 Å². The van der Waals surface area contributed by atoms with Gasteiger partial charge in [-0.15, -0.1) is 0 Å². The molecule has 31 heavy (non-hydrogen) atoms. The van der Waals surface area contributed by atoms with Crippen molar-refractivity contribution in [3.05, 3.63) is 71.5 Å². The summed E-state index contributed by atoms with van der Waals surface area (Å²) in [6, 6.07) is 11.8. The van der Waals surface area contributed by atoms with E-state index in [-0.39, 0.29) is 10.5 Å². The molecule has 160 valence electrons. The van der Waals surface area contributed by atoms with Gasteiger partial charge in [-0.1, -0.05) is 11.6 Å². The van der Waals surface area contributed by atoms with Crippen molar-refractivity contribution < 1.29 is 22.7 Å². The molecule has 0 bridgehead atoms. The normalized spacial score (nSPS) is 13.2. The number of hydrogen-bond donors (Lipinski definition) is 2. The van der Waals surface area contributed by atoms with Gasteiger partial charge in [0.15, 0.2) is 11.5 Å². The Morgan fingerprint density at radius 2 is 1.61 bits per heavy atom. The van der Waals surface area contributed by atoms with Crippen molar-refractivity contribution in [2.24, 2.45) is 0 Å². The average molecular weight is 460 g/mol. The van der Waals surface area contributed by atoms with Crippen LogP contribution < -0.4 is 19.5 Å². The molecule has 4 rings (SSSR count). The van der Waals surface area contributed by atoms with Crippen LogP contribution in [-0.4, -0.2) is 32.5 Å². The van der Waals surface area contributed by atoms with Crippen LogP contribution in [0.2, 0.25) is 5.02 Å². The molecule has 1 amide bonds. The Morgan fingerprint density at radius 3 is 2.29 bits per heavy atom. The van der Waals surface area contributed by atoms with Crippen LogP contribution in [0.4, 0.5) is 11.4 Å². The van der Waals surface area contributed by atoms with E-state index in [4.69, 9.17) is 21.1 Å². The highest BCUT2D eigenvalue weighted by Crippen LogP contribution is 2.37.